The van der Waals surface area contributed by atoms with E-state index in [1.807, 2.05) is 6.07 Å². The number of nitrogens with zero attached hydrogens (tertiary/aromatic N) is 1. The molecule has 1 atom stereocenters. The van der Waals surface area contributed by atoms with Crippen molar-refractivity contribution in [2.24, 2.45) is 0 Å². The number of hydrogen-bond donors (Lipinski definition) is 1. The maximum Gasteiger partial charge on any atom is 0.325 e. The second-order valence-corrected chi connectivity index (χ2v) is 7.05. The van der Waals surface area contributed by atoms with E-state index in [4.69, 9.17) is 11.6 Å². The molecule has 7 heteroatoms. The number of urea groups is 1. The fourth-order valence-electron chi connectivity index (χ4n) is 2.49. The van der Waals surface area contributed by atoms with Crippen LogP contribution in [0.2, 0.25) is 4.34 Å². The minimum Gasteiger partial charge on any atom is -0.319 e. The van der Waals surface area contributed by atoms with E-state index in [2.05, 4.69) is 5.32 Å². The Balaban J connectivity index is 1.83. The summed E-state index contributed by atoms with van der Waals surface area (Å²) in [4.78, 5) is 38.4. The molecule has 2 heterocycles. The Morgan fingerprint density at radius 3 is 2.52 bits per heavy atom. The molecule has 1 fully saturated rings. The number of halogens is 1. The van der Waals surface area contributed by atoms with E-state index in [1.54, 1.807) is 43.3 Å². The van der Waals surface area contributed by atoms with Gasteiger partial charge in [0, 0.05) is 0 Å². The van der Waals surface area contributed by atoms with Gasteiger partial charge in [-0.1, -0.05) is 41.9 Å². The standard InChI is InChI=1S/C16H13ClN2O3S/c1-16(10-5-3-2-4-6-10)14(21)19(15(22)18-16)9-11(20)12-7-8-13(17)23-12/h2-8H,9H2,1H3,(H,18,22)/t16-/m0/s1. The number of hydrogen-bond acceptors (Lipinski definition) is 4. The first-order valence-corrected chi connectivity index (χ1v) is 8.09. The van der Waals surface area contributed by atoms with Gasteiger partial charge in [0.25, 0.3) is 5.91 Å². The highest BCUT2D eigenvalue weighted by Crippen LogP contribution is 2.29. The number of nitrogens with one attached hydrogen (secondary N) is 1. The second-order valence-electron chi connectivity index (χ2n) is 5.34. The monoisotopic (exact) mass is 348 g/mol. The summed E-state index contributed by atoms with van der Waals surface area (Å²) in [6.07, 6.45) is 0. The first-order chi connectivity index (χ1) is 10.9. The molecule has 23 heavy (non-hydrogen) atoms. The predicted molar refractivity (Wildman–Crippen MR) is 87.7 cm³/mol. The highest BCUT2D eigenvalue weighted by molar-refractivity contribution is 7.18. The number of imide groups is 1. The number of carbonyl (C=O) groups excluding carboxylic acids is 3. The third-order valence-electron chi connectivity index (χ3n) is 3.78. The van der Waals surface area contributed by atoms with Crippen LogP contribution in [0.25, 0.3) is 0 Å². The van der Waals surface area contributed by atoms with Crippen LogP contribution in [0.1, 0.15) is 22.2 Å². The Morgan fingerprint density at radius 2 is 1.91 bits per heavy atom. The minimum absolute atomic E-state index is 0.302. The van der Waals surface area contributed by atoms with E-state index in [0.717, 1.165) is 16.2 Å². The normalized spacial score (nSPS) is 20.7. The topological polar surface area (TPSA) is 66.5 Å². The van der Waals surface area contributed by atoms with Crippen molar-refractivity contribution in [3.05, 3.63) is 57.2 Å². The van der Waals surface area contributed by atoms with Crippen molar-refractivity contribution in [2.45, 2.75) is 12.5 Å². The van der Waals surface area contributed by atoms with Crippen LogP contribution >= 0.6 is 22.9 Å². The SMILES string of the molecule is C[C@@]1(c2ccccc2)NC(=O)N(CC(=O)c2ccc(Cl)s2)C1=O. The predicted octanol–water partition coefficient (Wildman–Crippen LogP) is 3.05. The van der Waals surface area contributed by atoms with Crippen LogP contribution in [-0.2, 0) is 10.3 Å². The van der Waals surface area contributed by atoms with Crippen molar-refractivity contribution >= 4 is 40.7 Å². The Bertz CT molecular complexity index is 790. The van der Waals surface area contributed by atoms with Gasteiger partial charge in [0.2, 0.25) is 0 Å². The molecule has 0 saturated carbocycles. The molecule has 0 radical (unpaired) electrons. The second kappa shape index (κ2) is 5.79. The molecule has 3 rings (SSSR count). The third kappa shape index (κ3) is 2.75. The van der Waals surface area contributed by atoms with Crippen molar-refractivity contribution in [1.82, 2.24) is 10.2 Å². The van der Waals surface area contributed by atoms with Crippen LogP contribution in [-0.4, -0.2) is 29.2 Å². The number of benzene rings is 1. The summed E-state index contributed by atoms with van der Waals surface area (Å²) in [6, 6.07) is 11.6. The van der Waals surface area contributed by atoms with Gasteiger partial charge in [-0.3, -0.25) is 14.5 Å². The first kappa shape index (κ1) is 15.7. The minimum atomic E-state index is -1.16. The van der Waals surface area contributed by atoms with Gasteiger partial charge in [-0.25, -0.2) is 4.79 Å². The Labute approximate surface area is 141 Å². The van der Waals surface area contributed by atoms with E-state index in [-0.39, 0.29) is 12.3 Å². The molecule has 1 aliphatic heterocycles. The third-order valence-corrected chi connectivity index (χ3v) is 5.05. The number of amides is 3. The van der Waals surface area contributed by atoms with Gasteiger partial charge < -0.3 is 5.32 Å². The van der Waals surface area contributed by atoms with Crippen molar-refractivity contribution in [3.8, 4) is 0 Å². The number of thiophene rings is 1. The maximum atomic E-state index is 12.7. The van der Waals surface area contributed by atoms with E-state index in [0.29, 0.717) is 14.8 Å². The summed E-state index contributed by atoms with van der Waals surface area (Å²) in [7, 11) is 0. The zero-order chi connectivity index (χ0) is 16.6. The molecule has 1 N–H and O–H groups in total. The summed E-state index contributed by atoms with van der Waals surface area (Å²) in [5, 5.41) is 2.67. The van der Waals surface area contributed by atoms with E-state index in [1.165, 1.54) is 0 Å². The molecule has 2 aromatic rings. The van der Waals surface area contributed by atoms with Gasteiger partial charge in [0.15, 0.2) is 5.78 Å². The molecule has 1 saturated heterocycles. The van der Waals surface area contributed by atoms with Gasteiger partial charge >= 0.3 is 6.03 Å². The van der Waals surface area contributed by atoms with Crippen molar-refractivity contribution in [2.75, 3.05) is 6.54 Å². The van der Waals surface area contributed by atoms with E-state index in [9.17, 15) is 14.4 Å². The van der Waals surface area contributed by atoms with Gasteiger partial charge in [-0.2, -0.15) is 0 Å². The molecule has 0 unspecified atom stereocenters. The Hall–Kier alpha value is -2.18. The van der Waals surface area contributed by atoms with Crippen molar-refractivity contribution < 1.29 is 14.4 Å². The number of carbonyl (C=O) groups is 3. The Morgan fingerprint density at radius 1 is 1.22 bits per heavy atom. The highest BCUT2D eigenvalue weighted by atomic mass is 35.5. The molecule has 0 bridgehead atoms. The summed E-state index contributed by atoms with van der Waals surface area (Å²) >= 11 is 6.93. The zero-order valence-corrected chi connectivity index (χ0v) is 13.8. The smallest absolute Gasteiger partial charge is 0.319 e. The van der Waals surface area contributed by atoms with Crippen LogP contribution in [0.4, 0.5) is 4.79 Å². The van der Waals surface area contributed by atoms with E-state index >= 15 is 0 Å². The summed E-state index contributed by atoms with van der Waals surface area (Å²) in [6.45, 7) is 1.33. The number of Topliss-reactive ketones (excluding diaryl/α,β-unsaturated/α-hetero) is 1. The maximum absolute atomic E-state index is 12.7. The van der Waals surface area contributed by atoms with Crippen molar-refractivity contribution in [3.63, 3.8) is 0 Å². The van der Waals surface area contributed by atoms with Crippen molar-refractivity contribution in [1.29, 1.82) is 0 Å². The Kier molecular flexibility index (Phi) is 3.95. The van der Waals surface area contributed by atoms with Gasteiger partial charge in [0.05, 0.1) is 15.8 Å². The lowest BCUT2D eigenvalue weighted by Gasteiger charge is -2.21. The average Bonchev–Trinajstić information content (AvgIpc) is 3.06. The van der Waals surface area contributed by atoms with Gasteiger partial charge in [-0.15, -0.1) is 11.3 Å². The van der Waals surface area contributed by atoms with Crippen LogP contribution in [0.5, 0.6) is 0 Å². The first-order valence-electron chi connectivity index (χ1n) is 6.90. The molecule has 3 amide bonds. The zero-order valence-electron chi connectivity index (χ0n) is 12.2. The lowest BCUT2D eigenvalue weighted by Crippen LogP contribution is -2.41. The summed E-state index contributed by atoms with van der Waals surface area (Å²) < 4.78 is 0.486. The number of rotatable bonds is 4. The quantitative estimate of drug-likeness (QED) is 0.682. The molecule has 1 aromatic carbocycles. The lowest BCUT2D eigenvalue weighted by molar-refractivity contribution is -0.130. The molecule has 1 aliphatic rings. The largest absolute Gasteiger partial charge is 0.325 e. The molecule has 5 nitrogen and oxygen atoms in total. The fraction of sp³-hybridized carbons (Fsp3) is 0.188. The van der Waals surface area contributed by atoms with Gasteiger partial charge in [0.1, 0.15) is 5.54 Å². The highest BCUT2D eigenvalue weighted by Gasteiger charge is 2.49. The average molecular weight is 349 g/mol. The summed E-state index contributed by atoms with van der Waals surface area (Å²) in [5.74, 6) is -0.757. The van der Waals surface area contributed by atoms with Crippen LogP contribution in [0, 0.1) is 0 Å². The van der Waals surface area contributed by atoms with E-state index < -0.39 is 17.5 Å². The van der Waals surface area contributed by atoms with Gasteiger partial charge in [-0.05, 0) is 24.6 Å². The lowest BCUT2D eigenvalue weighted by atomic mass is 9.92. The molecular weight excluding hydrogens is 336 g/mol. The molecule has 118 valence electrons. The molecule has 1 aromatic heterocycles. The summed E-state index contributed by atoms with van der Waals surface area (Å²) in [5.41, 5.74) is -0.487. The van der Waals surface area contributed by atoms with Crippen LogP contribution < -0.4 is 5.32 Å². The fourth-order valence-corrected chi connectivity index (χ4v) is 3.47. The number of ketones is 1. The molecule has 0 spiro atoms. The molecular formula is C16H13ClN2O3S. The van der Waals surface area contributed by atoms with Crippen LogP contribution in [0.15, 0.2) is 42.5 Å². The van der Waals surface area contributed by atoms with Crippen LogP contribution in [0.3, 0.4) is 0 Å². The molecule has 0 aliphatic carbocycles.